The SMILES string of the molecule is CC(C)Oc1cccc(CN(C)CC2CNCCO2)c1. The molecule has 0 aromatic heterocycles. The number of rotatable bonds is 6. The fourth-order valence-electron chi connectivity index (χ4n) is 2.45. The molecule has 1 saturated heterocycles. The van der Waals surface area contributed by atoms with Gasteiger partial charge in [-0.3, -0.25) is 4.90 Å². The Morgan fingerprint density at radius 3 is 3.00 bits per heavy atom. The molecule has 1 aromatic rings. The quantitative estimate of drug-likeness (QED) is 0.861. The van der Waals surface area contributed by atoms with Crippen LogP contribution >= 0.6 is 0 Å². The van der Waals surface area contributed by atoms with Crippen LogP contribution in [-0.2, 0) is 11.3 Å². The van der Waals surface area contributed by atoms with Gasteiger partial charge in [0.1, 0.15) is 5.75 Å². The van der Waals surface area contributed by atoms with Crippen LogP contribution in [0.15, 0.2) is 24.3 Å². The highest BCUT2D eigenvalue weighted by atomic mass is 16.5. The van der Waals surface area contributed by atoms with Gasteiger partial charge in [-0.15, -0.1) is 0 Å². The minimum absolute atomic E-state index is 0.213. The molecule has 1 aliphatic rings. The Morgan fingerprint density at radius 2 is 2.30 bits per heavy atom. The van der Waals surface area contributed by atoms with Gasteiger partial charge in [0.05, 0.1) is 18.8 Å². The van der Waals surface area contributed by atoms with Crippen LogP contribution in [0.5, 0.6) is 5.75 Å². The van der Waals surface area contributed by atoms with E-state index in [0.717, 1.165) is 38.5 Å². The van der Waals surface area contributed by atoms with Crippen LogP contribution < -0.4 is 10.1 Å². The molecule has 2 rings (SSSR count). The summed E-state index contributed by atoms with van der Waals surface area (Å²) in [5.41, 5.74) is 1.27. The Hall–Kier alpha value is -1.10. The fraction of sp³-hybridized carbons (Fsp3) is 0.625. The maximum absolute atomic E-state index is 5.73. The number of likely N-dealkylation sites (N-methyl/N-ethyl adjacent to an activating group) is 1. The predicted octanol–water partition coefficient (Wildman–Crippen LogP) is 1.89. The first-order valence-electron chi connectivity index (χ1n) is 7.40. The molecule has 4 nitrogen and oxygen atoms in total. The van der Waals surface area contributed by atoms with Crippen LogP contribution in [0.3, 0.4) is 0 Å². The number of hydrogen-bond donors (Lipinski definition) is 1. The van der Waals surface area contributed by atoms with E-state index in [9.17, 15) is 0 Å². The van der Waals surface area contributed by atoms with Crippen LogP contribution in [-0.4, -0.2) is 50.4 Å². The summed E-state index contributed by atoms with van der Waals surface area (Å²) in [6.45, 7) is 8.68. The van der Waals surface area contributed by atoms with E-state index in [1.54, 1.807) is 0 Å². The highest BCUT2D eigenvalue weighted by Crippen LogP contribution is 2.16. The van der Waals surface area contributed by atoms with Gasteiger partial charge in [0.25, 0.3) is 0 Å². The van der Waals surface area contributed by atoms with E-state index in [0.29, 0.717) is 6.10 Å². The first-order chi connectivity index (χ1) is 9.63. The molecule has 0 aliphatic carbocycles. The molecule has 4 heteroatoms. The lowest BCUT2D eigenvalue weighted by Crippen LogP contribution is -2.44. The molecule has 1 aliphatic heterocycles. The second-order valence-corrected chi connectivity index (χ2v) is 5.71. The van der Waals surface area contributed by atoms with Crippen LogP contribution in [0.4, 0.5) is 0 Å². The van der Waals surface area contributed by atoms with E-state index in [4.69, 9.17) is 9.47 Å². The van der Waals surface area contributed by atoms with Crippen molar-refractivity contribution in [3.05, 3.63) is 29.8 Å². The van der Waals surface area contributed by atoms with E-state index in [1.807, 2.05) is 19.9 Å². The topological polar surface area (TPSA) is 33.7 Å². The lowest BCUT2D eigenvalue weighted by Gasteiger charge is -2.28. The summed E-state index contributed by atoms with van der Waals surface area (Å²) in [6, 6.07) is 8.33. The van der Waals surface area contributed by atoms with Gasteiger partial charge in [-0.25, -0.2) is 0 Å². The molecule has 1 heterocycles. The molecule has 1 unspecified atom stereocenters. The molecule has 1 aromatic carbocycles. The Morgan fingerprint density at radius 1 is 1.45 bits per heavy atom. The third-order valence-electron chi connectivity index (χ3n) is 3.24. The average molecular weight is 278 g/mol. The Bertz CT molecular complexity index is 403. The summed E-state index contributed by atoms with van der Waals surface area (Å²) in [5, 5.41) is 3.36. The van der Waals surface area contributed by atoms with Crippen molar-refractivity contribution in [2.45, 2.75) is 32.6 Å². The van der Waals surface area contributed by atoms with Gasteiger partial charge >= 0.3 is 0 Å². The molecular weight excluding hydrogens is 252 g/mol. The summed E-state index contributed by atoms with van der Waals surface area (Å²) < 4.78 is 11.5. The standard InChI is InChI=1S/C16H26N2O2/c1-13(2)20-15-6-4-5-14(9-15)11-18(3)12-16-10-17-7-8-19-16/h4-6,9,13,16-17H,7-8,10-12H2,1-3H3. The van der Waals surface area contributed by atoms with Crippen LogP contribution in [0.1, 0.15) is 19.4 Å². The minimum atomic E-state index is 0.213. The maximum Gasteiger partial charge on any atom is 0.120 e. The summed E-state index contributed by atoms with van der Waals surface area (Å²) in [4.78, 5) is 2.30. The highest BCUT2D eigenvalue weighted by molar-refractivity contribution is 5.28. The van der Waals surface area contributed by atoms with E-state index in [-0.39, 0.29) is 6.10 Å². The largest absolute Gasteiger partial charge is 0.491 e. The molecule has 112 valence electrons. The first-order valence-corrected chi connectivity index (χ1v) is 7.40. The lowest BCUT2D eigenvalue weighted by molar-refractivity contribution is 0.00884. The van der Waals surface area contributed by atoms with Gasteiger partial charge in [0.15, 0.2) is 0 Å². The van der Waals surface area contributed by atoms with E-state index in [2.05, 4.69) is 35.5 Å². The summed E-state index contributed by atoms with van der Waals surface area (Å²) in [7, 11) is 2.13. The van der Waals surface area contributed by atoms with Crippen molar-refractivity contribution in [2.24, 2.45) is 0 Å². The summed E-state index contributed by atoms with van der Waals surface area (Å²) in [5.74, 6) is 0.946. The zero-order valence-corrected chi connectivity index (χ0v) is 12.8. The van der Waals surface area contributed by atoms with Crippen molar-refractivity contribution in [1.29, 1.82) is 0 Å². The molecule has 1 atom stereocenters. The molecule has 20 heavy (non-hydrogen) atoms. The number of morpholine rings is 1. The number of hydrogen-bond acceptors (Lipinski definition) is 4. The molecule has 0 spiro atoms. The molecule has 1 N–H and O–H groups in total. The number of ether oxygens (including phenoxy) is 2. The first kappa shape index (κ1) is 15.3. The molecule has 0 radical (unpaired) electrons. The van der Waals surface area contributed by atoms with E-state index in [1.165, 1.54) is 5.56 Å². The normalized spacial score (nSPS) is 19.6. The monoisotopic (exact) mass is 278 g/mol. The number of benzene rings is 1. The van der Waals surface area contributed by atoms with Gasteiger partial charge in [-0.05, 0) is 38.6 Å². The highest BCUT2D eigenvalue weighted by Gasteiger charge is 2.15. The van der Waals surface area contributed by atoms with E-state index < -0.39 is 0 Å². The Kier molecular flexibility index (Phi) is 5.83. The number of nitrogens with one attached hydrogen (secondary N) is 1. The number of nitrogens with zero attached hydrogens (tertiary/aromatic N) is 1. The van der Waals surface area contributed by atoms with Crippen molar-refractivity contribution >= 4 is 0 Å². The Labute approximate surface area is 122 Å². The minimum Gasteiger partial charge on any atom is -0.491 e. The van der Waals surface area contributed by atoms with Gasteiger partial charge in [0.2, 0.25) is 0 Å². The van der Waals surface area contributed by atoms with Crippen LogP contribution in [0, 0.1) is 0 Å². The van der Waals surface area contributed by atoms with Crippen LogP contribution in [0.2, 0.25) is 0 Å². The molecule has 0 saturated carbocycles. The lowest BCUT2D eigenvalue weighted by atomic mass is 10.2. The van der Waals surface area contributed by atoms with Gasteiger partial charge in [-0.1, -0.05) is 12.1 Å². The fourth-order valence-corrected chi connectivity index (χ4v) is 2.45. The smallest absolute Gasteiger partial charge is 0.120 e. The molecule has 1 fully saturated rings. The second-order valence-electron chi connectivity index (χ2n) is 5.71. The van der Waals surface area contributed by atoms with Crippen molar-refractivity contribution < 1.29 is 9.47 Å². The van der Waals surface area contributed by atoms with Crippen molar-refractivity contribution in [2.75, 3.05) is 33.3 Å². The van der Waals surface area contributed by atoms with Gasteiger partial charge < -0.3 is 14.8 Å². The van der Waals surface area contributed by atoms with Gasteiger partial charge in [-0.2, -0.15) is 0 Å². The Balaban J connectivity index is 1.85. The van der Waals surface area contributed by atoms with E-state index >= 15 is 0 Å². The summed E-state index contributed by atoms with van der Waals surface area (Å²) in [6.07, 6.45) is 0.508. The maximum atomic E-state index is 5.73. The zero-order valence-electron chi connectivity index (χ0n) is 12.8. The van der Waals surface area contributed by atoms with Crippen molar-refractivity contribution in [3.63, 3.8) is 0 Å². The summed E-state index contributed by atoms with van der Waals surface area (Å²) >= 11 is 0. The predicted molar refractivity (Wildman–Crippen MR) is 81.1 cm³/mol. The van der Waals surface area contributed by atoms with Crippen molar-refractivity contribution in [3.8, 4) is 5.75 Å². The second kappa shape index (κ2) is 7.62. The average Bonchev–Trinajstić information content (AvgIpc) is 2.39. The third kappa shape index (κ3) is 5.12. The molecular formula is C16H26N2O2. The molecule has 0 amide bonds. The third-order valence-corrected chi connectivity index (χ3v) is 3.24. The van der Waals surface area contributed by atoms with Crippen molar-refractivity contribution in [1.82, 2.24) is 10.2 Å². The van der Waals surface area contributed by atoms with Gasteiger partial charge in [0, 0.05) is 26.2 Å². The zero-order chi connectivity index (χ0) is 14.4. The molecule has 0 bridgehead atoms. The van der Waals surface area contributed by atoms with Crippen LogP contribution in [0.25, 0.3) is 0 Å².